The van der Waals surface area contributed by atoms with Gasteiger partial charge in [-0.3, -0.25) is 10.1 Å². The van der Waals surface area contributed by atoms with E-state index < -0.39 is 0 Å². The van der Waals surface area contributed by atoms with Crippen LogP contribution in [0.15, 0.2) is 79.6 Å². The highest BCUT2D eigenvalue weighted by Crippen LogP contribution is 2.35. The molecule has 4 aromatic heterocycles. The van der Waals surface area contributed by atoms with E-state index in [0.717, 1.165) is 84.6 Å². The third kappa shape index (κ3) is 5.60. The smallest absolute Gasteiger partial charge is 0.159 e. The highest BCUT2D eigenvalue weighted by Gasteiger charge is 2.18. The second-order valence-electron chi connectivity index (χ2n) is 10.9. The first-order valence-corrected chi connectivity index (χ1v) is 15.2. The summed E-state index contributed by atoms with van der Waals surface area (Å²) >= 11 is 1.68. The van der Waals surface area contributed by atoms with E-state index in [1.807, 2.05) is 25.3 Å². The van der Waals surface area contributed by atoms with Crippen molar-refractivity contribution in [2.45, 2.75) is 39.5 Å². The Morgan fingerprint density at radius 1 is 1.12 bits per heavy atom. The number of thiophene rings is 1. The molecule has 6 rings (SSSR count). The molecule has 1 saturated carbocycles. The van der Waals surface area contributed by atoms with Crippen molar-refractivity contribution in [1.82, 2.24) is 30.5 Å². The quantitative estimate of drug-likeness (QED) is 0.149. The third-order valence-corrected chi connectivity index (χ3v) is 9.19. The molecule has 0 atom stereocenters. The van der Waals surface area contributed by atoms with Gasteiger partial charge >= 0.3 is 0 Å². The van der Waals surface area contributed by atoms with Gasteiger partial charge < -0.3 is 10.3 Å². The highest BCUT2D eigenvalue weighted by atomic mass is 32.1. The van der Waals surface area contributed by atoms with E-state index in [2.05, 4.69) is 88.0 Å². The number of aromatic amines is 2. The predicted molar refractivity (Wildman–Crippen MR) is 174 cm³/mol. The van der Waals surface area contributed by atoms with Crippen LogP contribution in [0, 0.1) is 5.92 Å². The summed E-state index contributed by atoms with van der Waals surface area (Å²) in [5, 5.41) is 12.5. The molecule has 0 unspecified atom stereocenters. The Bertz CT molecular complexity index is 1790. The molecule has 0 radical (unpaired) electrons. The lowest BCUT2D eigenvalue weighted by Crippen LogP contribution is -2.23. The van der Waals surface area contributed by atoms with Crippen LogP contribution in [0.5, 0.6) is 0 Å². The molecule has 1 fully saturated rings. The van der Waals surface area contributed by atoms with Crippen molar-refractivity contribution >= 4 is 44.4 Å². The second-order valence-corrected chi connectivity index (χ2v) is 12.0. The van der Waals surface area contributed by atoms with Gasteiger partial charge in [0.1, 0.15) is 16.9 Å². The summed E-state index contributed by atoms with van der Waals surface area (Å²) in [6, 6.07) is 12.6. The number of nitrogens with one attached hydrogen (secondary N) is 3. The normalized spacial score (nSPS) is 14.9. The molecule has 3 N–H and O–H groups in total. The lowest BCUT2D eigenvalue weighted by molar-refractivity contribution is 0.503. The first-order valence-electron chi connectivity index (χ1n) is 14.3. The first-order chi connectivity index (χ1) is 20.0. The summed E-state index contributed by atoms with van der Waals surface area (Å²) in [4.78, 5) is 15.4. The summed E-state index contributed by atoms with van der Waals surface area (Å²) in [6.45, 7) is 14.2. The van der Waals surface area contributed by atoms with E-state index in [1.54, 1.807) is 11.3 Å². The molecule has 0 spiro atoms. The molecular weight excluding hydrogens is 524 g/mol. The third-order valence-electron chi connectivity index (χ3n) is 7.93. The minimum absolute atomic E-state index is 0.717. The van der Waals surface area contributed by atoms with Crippen molar-refractivity contribution in [3.05, 3.63) is 90.0 Å². The number of benzene rings is 1. The Balaban J connectivity index is 1.30. The van der Waals surface area contributed by atoms with E-state index in [1.165, 1.54) is 31.3 Å². The number of nitrogens with zero attached hydrogens (tertiary/aromatic N) is 3. The zero-order valence-electron chi connectivity index (χ0n) is 23.8. The number of pyridine rings is 1. The molecule has 1 aromatic carbocycles. The Kier molecular flexibility index (Phi) is 7.81. The molecule has 0 amide bonds. The summed E-state index contributed by atoms with van der Waals surface area (Å²) in [7, 11) is 0. The van der Waals surface area contributed by atoms with Crippen molar-refractivity contribution in [3.8, 4) is 22.1 Å². The van der Waals surface area contributed by atoms with E-state index in [4.69, 9.17) is 4.98 Å². The fourth-order valence-corrected chi connectivity index (χ4v) is 6.58. The van der Waals surface area contributed by atoms with Gasteiger partial charge in [0.25, 0.3) is 0 Å². The maximum atomic E-state index is 4.99. The average molecular weight is 561 g/mol. The maximum absolute atomic E-state index is 4.99. The van der Waals surface area contributed by atoms with E-state index >= 15 is 0 Å². The number of hydrogen-bond acceptors (Lipinski definition) is 5. The predicted octanol–water partition coefficient (Wildman–Crippen LogP) is 8.56. The van der Waals surface area contributed by atoms with Crippen molar-refractivity contribution < 1.29 is 0 Å². The Morgan fingerprint density at radius 3 is 2.73 bits per heavy atom. The molecule has 0 bridgehead atoms. The number of H-pyrrole nitrogens is 2. The van der Waals surface area contributed by atoms with E-state index in [0.29, 0.717) is 0 Å². The van der Waals surface area contributed by atoms with Gasteiger partial charge in [0, 0.05) is 23.0 Å². The van der Waals surface area contributed by atoms with Crippen LogP contribution in [0.1, 0.15) is 50.0 Å². The first kappa shape index (κ1) is 27.1. The molecular formula is C34H36N6S. The Hall–Kier alpha value is -4.07. The molecule has 41 heavy (non-hydrogen) atoms. The average Bonchev–Trinajstić information content (AvgIpc) is 3.80. The van der Waals surface area contributed by atoms with E-state index in [9.17, 15) is 0 Å². The monoisotopic (exact) mass is 560 g/mol. The van der Waals surface area contributed by atoms with Crippen molar-refractivity contribution in [1.29, 1.82) is 0 Å². The minimum atomic E-state index is 0.717. The summed E-state index contributed by atoms with van der Waals surface area (Å²) in [6.07, 6.45) is 13.6. The van der Waals surface area contributed by atoms with Crippen molar-refractivity contribution in [3.63, 3.8) is 0 Å². The Morgan fingerprint density at radius 2 is 1.98 bits per heavy atom. The lowest BCUT2D eigenvalue weighted by Gasteiger charge is -2.12. The SMILES string of the molecule is C=C/C(=C\C(=C/C)c1ccc2[nH]nc(-c3nc4c(-c5ccc(C(=C)C)s5)nccc4[nH]3)c2c1)CNCC1CCCC1. The number of fused-ring (bicyclic) bond motifs is 2. The molecule has 5 aromatic rings. The lowest BCUT2D eigenvalue weighted by atomic mass is 10.00. The highest BCUT2D eigenvalue weighted by molar-refractivity contribution is 7.16. The van der Waals surface area contributed by atoms with Crippen molar-refractivity contribution in [2.24, 2.45) is 5.92 Å². The molecule has 1 aliphatic rings. The van der Waals surface area contributed by atoms with Crippen LogP contribution in [0.4, 0.5) is 0 Å². The number of hydrogen-bond donors (Lipinski definition) is 3. The second kappa shape index (κ2) is 11.8. The fourth-order valence-electron chi connectivity index (χ4n) is 5.65. The molecule has 1 aliphatic carbocycles. The molecule has 4 heterocycles. The fraction of sp³-hybridized carbons (Fsp3) is 0.265. The minimum Gasteiger partial charge on any atom is -0.336 e. The summed E-state index contributed by atoms with van der Waals surface area (Å²) in [5.41, 5.74) is 8.90. The zero-order chi connectivity index (χ0) is 28.3. The van der Waals surface area contributed by atoms with Crippen LogP contribution in [0.3, 0.4) is 0 Å². The topological polar surface area (TPSA) is 82.3 Å². The molecule has 208 valence electrons. The Labute approximate surface area is 245 Å². The van der Waals surface area contributed by atoms with Gasteiger partial charge in [0.05, 0.1) is 15.9 Å². The summed E-state index contributed by atoms with van der Waals surface area (Å²) in [5.74, 6) is 1.53. The van der Waals surface area contributed by atoms with Gasteiger partial charge in [0.2, 0.25) is 0 Å². The van der Waals surface area contributed by atoms with E-state index in [-0.39, 0.29) is 0 Å². The van der Waals surface area contributed by atoms with Gasteiger partial charge in [-0.2, -0.15) is 5.10 Å². The molecule has 7 heteroatoms. The van der Waals surface area contributed by atoms with Crippen LogP contribution < -0.4 is 5.32 Å². The van der Waals surface area contributed by atoms with Gasteiger partial charge in [-0.1, -0.05) is 50.3 Å². The zero-order valence-corrected chi connectivity index (χ0v) is 24.6. The van der Waals surface area contributed by atoms with Crippen LogP contribution in [0.25, 0.3) is 55.2 Å². The van der Waals surface area contributed by atoms with Gasteiger partial charge in [-0.05, 0) is 91.8 Å². The maximum Gasteiger partial charge on any atom is 0.159 e. The van der Waals surface area contributed by atoms with Gasteiger partial charge in [-0.25, -0.2) is 4.98 Å². The summed E-state index contributed by atoms with van der Waals surface area (Å²) < 4.78 is 0. The standard InChI is InChI=1S/C34H36N6S/c1-5-22(19-35-20-23-9-7-8-10-23)17-24(6-2)25-11-12-27-26(18-25)31(40-39-27)34-37-28-15-16-36-33(32(28)38-34)30-14-13-29(41-30)21(3)4/h5-6,11-18,23,35H,1,3,7-10,19-20H2,2,4H3,(H,37,38)(H,39,40)/b22-17+,24-6+. The largest absolute Gasteiger partial charge is 0.336 e. The molecule has 0 saturated heterocycles. The molecule has 0 aliphatic heterocycles. The van der Waals surface area contributed by atoms with Crippen LogP contribution in [-0.4, -0.2) is 38.2 Å². The number of imidazole rings is 1. The van der Waals surface area contributed by atoms with Crippen molar-refractivity contribution in [2.75, 3.05) is 13.1 Å². The van der Waals surface area contributed by atoms with Gasteiger partial charge in [0.15, 0.2) is 5.82 Å². The van der Waals surface area contributed by atoms with Gasteiger partial charge in [-0.15, -0.1) is 11.3 Å². The van der Waals surface area contributed by atoms with Crippen LogP contribution in [-0.2, 0) is 0 Å². The van der Waals surface area contributed by atoms with Crippen LogP contribution in [0.2, 0.25) is 0 Å². The number of allylic oxidation sites excluding steroid dienone is 4. The number of rotatable bonds is 10. The number of aromatic nitrogens is 5. The molecule has 6 nitrogen and oxygen atoms in total. The van der Waals surface area contributed by atoms with Crippen LogP contribution >= 0.6 is 11.3 Å².